The summed E-state index contributed by atoms with van der Waals surface area (Å²) in [6.07, 6.45) is 6.12. The van der Waals surface area contributed by atoms with E-state index in [0.717, 1.165) is 11.1 Å². The number of benzene rings is 2. The van der Waals surface area contributed by atoms with E-state index in [1.165, 1.54) is 0 Å². The normalized spacial score (nSPS) is 11.4. The number of allylic oxidation sites excluding steroid dienone is 2. The Balaban J connectivity index is 2.63. The van der Waals surface area contributed by atoms with E-state index in [9.17, 15) is 9.90 Å². The standard InChI is InChI=1S/C25H30O4/c1-17(2)12-15-20-21(28-6)16-19(14-13-18-10-8-7-9-11-18)22(23(20)26)24(27)29-25(3,4)5/h7-14,16,26H,15H2,1-6H3/b14-13+. The topological polar surface area (TPSA) is 55.8 Å². The van der Waals surface area contributed by atoms with Crippen LogP contribution in [0.15, 0.2) is 48.0 Å². The highest BCUT2D eigenvalue weighted by Crippen LogP contribution is 2.37. The lowest BCUT2D eigenvalue weighted by molar-refractivity contribution is 0.00664. The summed E-state index contributed by atoms with van der Waals surface area (Å²) in [5.74, 6) is -0.146. The van der Waals surface area contributed by atoms with Crippen LogP contribution in [0.4, 0.5) is 0 Å². The molecule has 0 heterocycles. The highest BCUT2D eigenvalue weighted by atomic mass is 16.6. The van der Waals surface area contributed by atoms with Crippen LogP contribution in [0.5, 0.6) is 11.5 Å². The number of phenols is 1. The Morgan fingerprint density at radius 1 is 1.10 bits per heavy atom. The van der Waals surface area contributed by atoms with E-state index in [-0.39, 0.29) is 11.3 Å². The molecule has 4 heteroatoms. The van der Waals surface area contributed by atoms with Crippen molar-refractivity contribution in [3.63, 3.8) is 0 Å². The van der Waals surface area contributed by atoms with Gasteiger partial charge in [-0.25, -0.2) is 4.79 Å². The van der Waals surface area contributed by atoms with Gasteiger partial charge in [-0.15, -0.1) is 0 Å². The van der Waals surface area contributed by atoms with E-state index >= 15 is 0 Å². The number of hydrogen-bond acceptors (Lipinski definition) is 4. The summed E-state index contributed by atoms with van der Waals surface area (Å²) in [5, 5.41) is 11.0. The first kappa shape index (κ1) is 22.3. The molecule has 2 aromatic rings. The minimum Gasteiger partial charge on any atom is -0.507 e. The van der Waals surface area contributed by atoms with Crippen LogP contribution in [0.25, 0.3) is 12.2 Å². The molecule has 4 nitrogen and oxygen atoms in total. The van der Waals surface area contributed by atoms with Gasteiger partial charge in [-0.1, -0.05) is 54.1 Å². The number of carbonyl (C=O) groups is 1. The van der Waals surface area contributed by atoms with Crippen molar-refractivity contribution in [3.8, 4) is 11.5 Å². The number of phenolic OH excluding ortho intramolecular Hbond substituents is 1. The molecule has 0 unspecified atom stereocenters. The van der Waals surface area contributed by atoms with Crippen molar-refractivity contribution in [2.45, 2.75) is 46.6 Å². The quantitative estimate of drug-likeness (QED) is 0.369. The molecule has 0 saturated heterocycles. The Morgan fingerprint density at radius 2 is 1.76 bits per heavy atom. The van der Waals surface area contributed by atoms with Crippen molar-refractivity contribution in [2.24, 2.45) is 0 Å². The Kier molecular flexibility index (Phi) is 7.27. The second kappa shape index (κ2) is 9.46. The fourth-order valence-electron chi connectivity index (χ4n) is 2.82. The summed E-state index contributed by atoms with van der Waals surface area (Å²) < 4.78 is 11.1. The Hall–Kier alpha value is -3.01. The van der Waals surface area contributed by atoms with Crippen LogP contribution in [0.2, 0.25) is 0 Å². The predicted octanol–water partition coefficient (Wildman–Crippen LogP) is 6.04. The fourth-order valence-corrected chi connectivity index (χ4v) is 2.82. The molecule has 0 aliphatic heterocycles. The van der Waals surface area contributed by atoms with E-state index < -0.39 is 11.6 Å². The van der Waals surface area contributed by atoms with Gasteiger partial charge in [0.05, 0.1) is 7.11 Å². The highest BCUT2D eigenvalue weighted by molar-refractivity contribution is 5.99. The first-order chi connectivity index (χ1) is 13.6. The second-order valence-electron chi connectivity index (χ2n) is 8.10. The molecule has 2 aromatic carbocycles. The molecule has 0 saturated carbocycles. The number of ether oxygens (including phenoxy) is 2. The lowest BCUT2D eigenvalue weighted by Crippen LogP contribution is -2.24. The molecule has 0 radical (unpaired) electrons. The molecule has 0 aromatic heterocycles. The zero-order valence-corrected chi connectivity index (χ0v) is 18.1. The number of aromatic hydroxyl groups is 1. The summed E-state index contributed by atoms with van der Waals surface area (Å²) >= 11 is 0. The van der Waals surface area contributed by atoms with Crippen LogP contribution in [0.1, 0.15) is 61.7 Å². The van der Waals surface area contributed by atoms with E-state index in [1.54, 1.807) is 40.0 Å². The summed E-state index contributed by atoms with van der Waals surface area (Å²) in [7, 11) is 1.55. The average molecular weight is 395 g/mol. The minimum absolute atomic E-state index is 0.108. The molecule has 0 amide bonds. The molecule has 29 heavy (non-hydrogen) atoms. The smallest absolute Gasteiger partial charge is 0.343 e. The lowest BCUT2D eigenvalue weighted by atomic mass is 9.97. The van der Waals surface area contributed by atoms with E-state index in [1.807, 2.05) is 56.3 Å². The maximum Gasteiger partial charge on any atom is 0.343 e. The number of esters is 1. The Labute approximate surface area is 173 Å². The second-order valence-corrected chi connectivity index (χ2v) is 8.10. The monoisotopic (exact) mass is 394 g/mol. The van der Waals surface area contributed by atoms with Gasteiger partial charge in [0, 0.05) is 5.56 Å². The summed E-state index contributed by atoms with van der Waals surface area (Å²) in [6.45, 7) is 9.36. The van der Waals surface area contributed by atoms with Crippen molar-refractivity contribution in [1.82, 2.24) is 0 Å². The zero-order valence-electron chi connectivity index (χ0n) is 18.1. The van der Waals surface area contributed by atoms with Crippen molar-refractivity contribution in [1.29, 1.82) is 0 Å². The van der Waals surface area contributed by atoms with E-state index in [0.29, 0.717) is 23.3 Å². The molecular formula is C25H30O4. The predicted molar refractivity (Wildman–Crippen MR) is 118 cm³/mol. The molecule has 0 bridgehead atoms. The summed E-state index contributed by atoms with van der Waals surface area (Å²) in [4.78, 5) is 12.9. The molecule has 0 aliphatic carbocycles. The van der Waals surface area contributed by atoms with Crippen LogP contribution in [-0.4, -0.2) is 23.8 Å². The van der Waals surface area contributed by atoms with E-state index in [4.69, 9.17) is 9.47 Å². The number of methoxy groups -OCH3 is 1. The summed E-state index contributed by atoms with van der Waals surface area (Å²) in [5.41, 5.74) is 2.66. The largest absolute Gasteiger partial charge is 0.507 e. The molecule has 1 N–H and O–H groups in total. The number of carbonyl (C=O) groups excluding carboxylic acids is 1. The minimum atomic E-state index is -0.677. The Bertz CT molecular complexity index is 912. The number of rotatable bonds is 6. The third kappa shape index (κ3) is 6.24. The van der Waals surface area contributed by atoms with Gasteiger partial charge in [0.15, 0.2) is 0 Å². The van der Waals surface area contributed by atoms with Gasteiger partial charge >= 0.3 is 5.97 Å². The molecule has 2 rings (SSSR count). The fraction of sp³-hybridized carbons (Fsp3) is 0.320. The van der Waals surface area contributed by atoms with Gasteiger partial charge in [-0.05, 0) is 58.2 Å². The van der Waals surface area contributed by atoms with Crippen molar-refractivity contribution < 1.29 is 19.4 Å². The Morgan fingerprint density at radius 3 is 2.31 bits per heavy atom. The first-order valence-electron chi connectivity index (χ1n) is 9.65. The molecule has 0 aliphatic rings. The van der Waals surface area contributed by atoms with Gasteiger partial charge in [0.25, 0.3) is 0 Å². The third-order valence-electron chi connectivity index (χ3n) is 4.19. The zero-order chi connectivity index (χ0) is 21.6. The SMILES string of the molecule is COc1cc(/C=C/c2ccccc2)c(C(=O)OC(C)(C)C)c(O)c1CC=C(C)C. The third-order valence-corrected chi connectivity index (χ3v) is 4.19. The van der Waals surface area contributed by atoms with Gasteiger partial charge in [0.1, 0.15) is 22.7 Å². The van der Waals surface area contributed by atoms with Crippen LogP contribution in [0, 0.1) is 0 Å². The van der Waals surface area contributed by atoms with Gasteiger partial charge in [-0.2, -0.15) is 0 Å². The van der Waals surface area contributed by atoms with Crippen molar-refractivity contribution in [3.05, 3.63) is 70.3 Å². The average Bonchev–Trinajstić information content (AvgIpc) is 2.64. The molecule has 154 valence electrons. The van der Waals surface area contributed by atoms with Gasteiger partial charge in [0.2, 0.25) is 0 Å². The molecule has 0 spiro atoms. The van der Waals surface area contributed by atoms with Crippen LogP contribution >= 0.6 is 0 Å². The molecule has 0 fully saturated rings. The highest BCUT2D eigenvalue weighted by Gasteiger charge is 2.26. The maximum absolute atomic E-state index is 12.9. The van der Waals surface area contributed by atoms with Crippen LogP contribution in [-0.2, 0) is 11.2 Å². The van der Waals surface area contributed by atoms with E-state index in [2.05, 4.69) is 0 Å². The summed E-state index contributed by atoms with van der Waals surface area (Å²) in [6, 6.07) is 11.5. The lowest BCUT2D eigenvalue weighted by Gasteiger charge is -2.22. The first-order valence-corrected chi connectivity index (χ1v) is 9.65. The van der Waals surface area contributed by atoms with Crippen LogP contribution < -0.4 is 4.74 Å². The van der Waals surface area contributed by atoms with Crippen molar-refractivity contribution >= 4 is 18.1 Å². The number of hydrogen-bond donors (Lipinski definition) is 1. The van der Waals surface area contributed by atoms with Gasteiger partial charge in [-0.3, -0.25) is 0 Å². The van der Waals surface area contributed by atoms with Crippen molar-refractivity contribution in [2.75, 3.05) is 7.11 Å². The molecule has 0 atom stereocenters. The molecular weight excluding hydrogens is 364 g/mol. The maximum atomic E-state index is 12.9. The van der Waals surface area contributed by atoms with Crippen LogP contribution in [0.3, 0.4) is 0 Å². The van der Waals surface area contributed by atoms with Gasteiger partial charge < -0.3 is 14.6 Å².